The van der Waals surface area contributed by atoms with Gasteiger partial charge < -0.3 is 14.6 Å². The number of hydrogen-bond acceptors (Lipinski definition) is 6. The standard InChI is InChI=1S/C25H37N5O4S/c1-7-10-21-20-17-22(26-25(31)24(20)30(6)27-21)19-16-18(11-12-23(19)34-15-8-2)35(32,33)29(5)14-9-13-28(3)4/h11-12,16-17H,7-10,13-15H2,1-6H3,(H,26,31). The van der Waals surface area contributed by atoms with E-state index in [4.69, 9.17) is 4.74 Å². The predicted octanol–water partition coefficient (Wildman–Crippen LogP) is 3.24. The first kappa shape index (κ1) is 26.9. The number of sulfonamides is 1. The lowest BCUT2D eigenvalue weighted by atomic mass is 10.1. The van der Waals surface area contributed by atoms with Crippen molar-refractivity contribution in [3.05, 3.63) is 40.3 Å². The van der Waals surface area contributed by atoms with E-state index in [0.717, 1.165) is 43.3 Å². The second-order valence-electron chi connectivity index (χ2n) is 9.08. The van der Waals surface area contributed by atoms with E-state index >= 15 is 0 Å². The van der Waals surface area contributed by atoms with Gasteiger partial charge in [0, 0.05) is 31.6 Å². The summed E-state index contributed by atoms with van der Waals surface area (Å²) in [5.41, 5.74) is 2.11. The molecule has 0 aliphatic carbocycles. The summed E-state index contributed by atoms with van der Waals surface area (Å²) in [5.74, 6) is 0.525. The van der Waals surface area contributed by atoms with Crippen LogP contribution in [0.15, 0.2) is 34.0 Å². The molecule has 3 aromatic rings. The van der Waals surface area contributed by atoms with Gasteiger partial charge in [-0.05, 0) is 64.2 Å². The molecule has 1 N–H and O–H groups in total. The number of aryl methyl sites for hydroxylation is 2. The van der Waals surface area contributed by atoms with Gasteiger partial charge in [-0.2, -0.15) is 5.10 Å². The molecule has 2 heterocycles. The normalized spacial score (nSPS) is 12.2. The maximum absolute atomic E-state index is 13.3. The first-order valence-electron chi connectivity index (χ1n) is 12.1. The minimum absolute atomic E-state index is 0.157. The topological polar surface area (TPSA) is 101 Å². The van der Waals surface area contributed by atoms with Gasteiger partial charge in [-0.3, -0.25) is 9.48 Å². The number of pyridine rings is 1. The molecule has 0 bridgehead atoms. The highest BCUT2D eigenvalue weighted by atomic mass is 32.2. The molecule has 9 nitrogen and oxygen atoms in total. The van der Waals surface area contributed by atoms with Gasteiger partial charge in [0.1, 0.15) is 11.3 Å². The molecule has 0 unspecified atom stereocenters. The lowest BCUT2D eigenvalue weighted by Crippen LogP contribution is -2.30. The zero-order valence-electron chi connectivity index (χ0n) is 21.6. The molecule has 0 fully saturated rings. The second-order valence-corrected chi connectivity index (χ2v) is 11.1. The number of nitrogens with zero attached hydrogens (tertiary/aromatic N) is 4. The molecule has 0 amide bonds. The SMILES string of the molecule is CCCOc1ccc(S(=O)(=O)N(C)CCCN(C)C)cc1-c1cc2c(CCC)nn(C)c2c(=O)[nH]1. The van der Waals surface area contributed by atoms with Gasteiger partial charge in [0.05, 0.1) is 22.9 Å². The zero-order chi connectivity index (χ0) is 25.8. The highest BCUT2D eigenvalue weighted by molar-refractivity contribution is 7.89. The third kappa shape index (κ3) is 5.94. The van der Waals surface area contributed by atoms with Crippen LogP contribution in [-0.2, 0) is 23.5 Å². The molecule has 0 saturated heterocycles. The molecule has 2 aromatic heterocycles. The fraction of sp³-hybridized carbons (Fsp3) is 0.520. The van der Waals surface area contributed by atoms with Gasteiger partial charge in [-0.1, -0.05) is 20.3 Å². The molecule has 10 heteroatoms. The van der Waals surface area contributed by atoms with Crippen molar-refractivity contribution in [2.24, 2.45) is 7.05 Å². The molecule has 0 atom stereocenters. The molecule has 3 rings (SSSR count). The van der Waals surface area contributed by atoms with E-state index in [2.05, 4.69) is 17.0 Å². The molecule has 0 aliphatic heterocycles. The molecule has 0 radical (unpaired) electrons. The third-order valence-corrected chi connectivity index (χ3v) is 7.74. The molecular formula is C25H37N5O4S. The predicted molar refractivity (Wildman–Crippen MR) is 140 cm³/mol. The molecule has 0 spiro atoms. The van der Waals surface area contributed by atoms with Gasteiger partial charge in [0.25, 0.3) is 5.56 Å². The Bertz CT molecular complexity index is 1330. The van der Waals surface area contributed by atoms with Crippen LogP contribution in [0, 0.1) is 0 Å². The Balaban J connectivity index is 2.11. The third-order valence-electron chi connectivity index (χ3n) is 5.89. The van der Waals surface area contributed by atoms with E-state index in [1.54, 1.807) is 37.0 Å². The van der Waals surface area contributed by atoms with E-state index in [0.29, 0.717) is 35.7 Å². The Morgan fingerprint density at radius 2 is 1.83 bits per heavy atom. The summed E-state index contributed by atoms with van der Waals surface area (Å²) in [6.45, 7) is 5.74. The highest BCUT2D eigenvalue weighted by Gasteiger charge is 2.23. The van der Waals surface area contributed by atoms with Crippen molar-refractivity contribution in [2.45, 2.75) is 44.4 Å². The molecule has 0 saturated carbocycles. The minimum Gasteiger partial charge on any atom is -0.493 e. The first-order valence-corrected chi connectivity index (χ1v) is 13.5. The quantitative estimate of drug-likeness (QED) is 0.407. The monoisotopic (exact) mass is 503 g/mol. The molecule has 192 valence electrons. The van der Waals surface area contributed by atoms with Crippen LogP contribution in [0.25, 0.3) is 22.2 Å². The summed E-state index contributed by atoms with van der Waals surface area (Å²) in [6, 6.07) is 6.70. The summed E-state index contributed by atoms with van der Waals surface area (Å²) in [7, 11) is 3.55. The van der Waals surface area contributed by atoms with E-state index in [-0.39, 0.29) is 10.5 Å². The molecular weight excluding hydrogens is 466 g/mol. The van der Waals surface area contributed by atoms with Crippen LogP contribution in [0.5, 0.6) is 5.75 Å². The zero-order valence-corrected chi connectivity index (χ0v) is 22.4. The Hall–Kier alpha value is -2.69. The van der Waals surface area contributed by atoms with Crippen LogP contribution >= 0.6 is 0 Å². The van der Waals surface area contributed by atoms with Crippen LogP contribution < -0.4 is 10.3 Å². The van der Waals surface area contributed by atoms with Crippen LogP contribution in [0.2, 0.25) is 0 Å². The lowest BCUT2D eigenvalue weighted by Gasteiger charge is -2.20. The van der Waals surface area contributed by atoms with Gasteiger partial charge >= 0.3 is 0 Å². The largest absolute Gasteiger partial charge is 0.493 e. The van der Waals surface area contributed by atoms with Crippen molar-refractivity contribution < 1.29 is 13.2 Å². The number of H-pyrrole nitrogens is 1. The van der Waals surface area contributed by atoms with Gasteiger partial charge in [0.2, 0.25) is 10.0 Å². The smallest absolute Gasteiger partial charge is 0.274 e. The van der Waals surface area contributed by atoms with E-state index in [1.807, 2.05) is 32.0 Å². The fourth-order valence-electron chi connectivity index (χ4n) is 4.07. The van der Waals surface area contributed by atoms with Crippen molar-refractivity contribution in [3.63, 3.8) is 0 Å². The second kappa shape index (κ2) is 11.4. The van der Waals surface area contributed by atoms with E-state index in [9.17, 15) is 13.2 Å². The van der Waals surface area contributed by atoms with Gasteiger partial charge in [-0.15, -0.1) is 0 Å². The van der Waals surface area contributed by atoms with E-state index in [1.165, 1.54) is 4.31 Å². The Morgan fingerprint density at radius 3 is 2.49 bits per heavy atom. The summed E-state index contributed by atoms with van der Waals surface area (Å²) in [5, 5.41) is 5.29. The van der Waals surface area contributed by atoms with Crippen LogP contribution in [0.3, 0.4) is 0 Å². The maximum atomic E-state index is 13.3. The van der Waals surface area contributed by atoms with Gasteiger partial charge in [-0.25, -0.2) is 12.7 Å². The Labute approximate surface area is 207 Å². The van der Waals surface area contributed by atoms with Crippen molar-refractivity contribution in [2.75, 3.05) is 40.8 Å². The van der Waals surface area contributed by atoms with E-state index < -0.39 is 10.0 Å². The van der Waals surface area contributed by atoms with Crippen LogP contribution in [-0.4, -0.2) is 73.2 Å². The number of nitrogens with one attached hydrogen (secondary N) is 1. The summed E-state index contributed by atoms with van der Waals surface area (Å²) >= 11 is 0. The van der Waals surface area contributed by atoms with Crippen LogP contribution in [0.4, 0.5) is 0 Å². The maximum Gasteiger partial charge on any atom is 0.274 e. The van der Waals surface area contributed by atoms with Crippen LogP contribution in [0.1, 0.15) is 38.8 Å². The number of aromatic nitrogens is 3. The Kier molecular flexibility index (Phi) is 8.74. The van der Waals surface area contributed by atoms with Gasteiger partial charge in [0.15, 0.2) is 0 Å². The number of rotatable bonds is 12. The summed E-state index contributed by atoms with van der Waals surface area (Å²) in [6.07, 6.45) is 3.16. The summed E-state index contributed by atoms with van der Waals surface area (Å²) < 4.78 is 35.6. The lowest BCUT2D eigenvalue weighted by molar-refractivity contribution is 0.318. The van der Waals surface area contributed by atoms with Crippen molar-refractivity contribution >= 4 is 20.9 Å². The number of ether oxygens (including phenoxy) is 1. The summed E-state index contributed by atoms with van der Waals surface area (Å²) in [4.78, 5) is 18.1. The molecule has 35 heavy (non-hydrogen) atoms. The fourth-order valence-corrected chi connectivity index (χ4v) is 5.31. The van der Waals surface area contributed by atoms with Crippen molar-refractivity contribution in [1.29, 1.82) is 0 Å². The number of fused-ring (bicyclic) bond motifs is 1. The number of aromatic amines is 1. The number of hydrogen-bond donors (Lipinski definition) is 1. The highest BCUT2D eigenvalue weighted by Crippen LogP contribution is 2.33. The van der Waals surface area contributed by atoms with Crippen molar-refractivity contribution in [1.82, 2.24) is 24.0 Å². The Morgan fingerprint density at radius 1 is 1.09 bits per heavy atom. The first-order chi connectivity index (χ1) is 16.6. The average Bonchev–Trinajstić information content (AvgIpc) is 3.12. The number of benzene rings is 1. The van der Waals surface area contributed by atoms with Crippen molar-refractivity contribution in [3.8, 4) is 17.0 Å². The minimum atomic E-state index is -3.72. The molecule has 0 aliphatic rings. The average molecular weight is 504 g/mol. The molecule has 1 aromatic carbocycles.